The van der Waals surface area contributed by atoms with Crippen molar-refractivity contribution in [3.8, 4) is 0 Å². The summed E-state index contributed by atoms with van der Waals surface area (Å²) in [6.45, 7) is 5.72. The van der Waals surface area contributed by atoms with E-state index in [-0.39, 0.29) is 18.1 Å². The fourth-order valence-corrected chi connectivity index (χ4v) is 0.607. The topological polar surface area (TPSA) is 46.2 Å². The van der Waals surface area contributed by atoms with Crippen molar-refractivity contribution >= 4 is 0 Å². The number of rotatable bonds is 2. The molecule has 2 heteroatoms. The number of nitrogens with two attached hydrogens (primary N) is 1. The van der Waals surface area contributed by atoms with Gasteiger partial charge in [-0.15, -0.1) is 0 Å². The van der Waals surface area contributed by atoms with Crippen molar-refractivity contribution in [2.24, 2.45) is 11.7 Å². The van der Waals surface area contributed by atoms with Gasteiger partial charge >= 0.3 is 0 Å². The molecular weight excluding hydrogens is 102 g/mol. The lowest BCUT2D eigenvalue weighted by atomic mass is 10.0. The highest BCUT2D eigenvalue weighted by atomic mass is 16.3. The Bertz CT molecular complexity index is 53.5. The van der Waals surface area contributed by atoms with Gasteiger partial charge in [-0.1, -0.05) is 13.8 Å². The molecule has 2 atom stereocenters. The molecule has 0 saturated heterocycles. The van der Waals surface area contributed by atoms with Crippen LogP contribution in [0.15, 0.2) is 0 Å². The molecule has 0 bridgehead atoms. The van der Waals surface area contributed by atoms with Crippen molar-refractivity contribution in [2.75, 3.05) is 0 Å². The summed E-state index contributed by atoms with van der Waals surface area (Å²) in [7, 11) is 0. The van der Waals surface area contributed by atoms with Crippen molar-refractivity contribution in [2.45, 2.75) is 32.9 Å². The van der Waals surface area contributed by atoms with Crippen molar-refractivity contribution in [1.29, 1.82) is 0 Å². The summed E-state index contributed by atoms with van der Waals surface area (Å²) >= 11 is 0. The Morgan fingerprint density at radius 2 is 1.62 bits per heavy atom. The van der Waals surface area contributed by atoms with Crippen LogP contribution in [0.5, 0.6) is 0 Å². The molecule has 0 amide bonds. The van der Waals surface area contributed by atoms with Crippen LogP contribution in [0.2, 0.25) is 0 Å². The Hall–Kier alpha value is -0.0800. The Morgan fingerprint density at radius 3 is 1.62 bits per heavy atom. The molecule has 2 nitrogen and oxygen atoms in total. The molecule has 0 aromatic rings. The quantitative estimate of drug-likeness (QED) is 0.548. The van der Waals surface area contributed by atoms with Crippen LogP contribution in [0.3, 0.4) is 0 Å². The number of hydrogen-bond donors (Lipinski definition) is 2. The van der Waals surface area contributed by atoms with Gasteiger partial charge in [0, 0.05) is 6.04 Å². The van der Waals surface area contributed by atoms with E-state index in [1.165, 1.54) is 0 Å². The van der Waals surface area contributed by atoms with E-state index in [0.29, 0.717) is 0 Å². The fourth-order valence-electron chi connectivity index (χ4n) is 0.607. The summed E-state index contributed by atoms with van der Waals surface area (Å²) in [5.74, 6) is 0.273. The van der Waals surface area contributed by atoms with Crippen LogP contribution in [-0.4, -0.2) is 17.3 Å². The summed E-state index contributed by atoms with van der Waals surface area (Å²) in [5, 5.41) is 9.08. The molecule has 0 heterocycles. The number of aliphatic hydroxyl groups excluding tert-OH is 1. The largest absolute Gasteiger partial charge is 0.391 e. The summed E-state index contributed by atoms with van der Waals surface area (Å²) in [5.41, 5.74) is 5.39. The molecule has 0 rings (SSSR count). The minimum atomic E-state index is -0.352. The van der Waals surface area contributed by atoms with Gasteiger partial charge in [0.1, 0.15) is 0 Å². The summed E-state index contributed by atoms with van der Waals surface area (Å²) in [6.07, 6.45) is -0.352. The molecule has 0 aliphatic heterocycles. The first kappa shape index (κ1) is 7.92. The first-order valence-electron chi connectivity index (χ1n) is 2.99. The maximum absolute atomic E-state index is 9.08. The van der Waals surface area contributed by atoms with Gasteiger partial charge in [-0.3, -0.25) is 0 Å². The van der Waals surface area contributed by atoms with E-state index < -0.39 is 0 Å². The van der Waals surface area contributed by atoms with Crippen molar-refractivity contribution in [1.82, 2.24) is 0 Å². The van der Waals surface area contributed by atoms with E-state index in [1.54, 1.807) is 0 Å². The Morgan fingerprint density at radius 1 is 1.25 bits per heavy atom. The first-order valence-corrected chi connectivity index (χ1v) is 2.99. The third-order valence-corrected chi connectivity index (χ3v) is 1.22. The summed E-state index contributed by atoms with van der Waals surface area (Å²) < 4.78 is 0. The highest BCUT2D eigenvalue weighted by Gasteiger charge is 2.12. The average molecular weight is 117 g/mol. The molecule has 8 heavy (non-hydrogen) atoms. The molecule has 0 unspecified atom stereocenters. The van der Waals surface area contributed by atoms with Crippen LogP contribution in [0.1, 0.15) is 20.8 Å². The SMILES string of the molecule is CC(C)[C@@H](O)[C@H](C)N. The van der Waals surface area contributed by atoms with E-state index in [4.69, 9.17) is 10.8 Å². The lowest BCUT2D eigenvalue weighted by molar-refractivity contribution is 0.104. The molecule has 0 aromatic heterocycles. The Labute approximate surface area is 50.7 Å². The lowest BCUT2D eigenvalue weighted by Gasteiger charge is -2.17. The highest BCUT2D eigenvalue weighted by molar-refractivity contribution is 4.68. The predicted octanol–water partition coefficient (Wildman–Crippen LogP) is 0.350. The first-order chi connectivity index (χ1) is 3.55. The zero-order valence-electron chi connectivity index (χ0n) is 5.76. The lowest BCUT2D eigenvalue weighted by Crippen LogP contribution is -2.35. The Balaban J connectivity index is 3.46. The molecule has 0 saturated carbocycles. The predicted molar refractivity (Wildman–Crippen MR) is 34.5 cm³/mol. The molecule has 50 valence electrons. The highest BCUT2D eigenvalue weighted by Crippen LogP contribution is 2.02. The van der Waals surface area contributed by atoms with Crippen molar-refractivity contribution in [3.63, 3.8) is 0 Å². The number of aliphatic hydroxyl groups is 1. The van der Waals surface area contributed by atoms with E-state index in [9.17, 15) is 0 Å². The van der Waals surface area contributed by atoms with E-state index >= 15 is 0 Å². The molecular formula is C6H15NO. The molecule has 0 aliphatic carbocycles. The van der Waals surface area contributed by atoms with Crippen LogP contribution in [0.4, 0.5) is 0 Å². The zero-order valence-corrected chi connectivity index (χ0v) is 5.76. The van der Waals surface area contributed by atoms with Gasteiger partial charge in [0.25, 0.3) is 0 Å². The monoisotopic (exact) mass is 117 g/mol. The molecule has 0 spiro atoms. The molecule has 0 fully saturated rings. The van der Waals surface area contributed by atoms with E-state index in [1.807, 2.05) is 20.8 Å². The molecule has 0 radical (unpaired) electrons. The van der Waals surface area contributed by atoms with Gasteiger partial charge < -0.3 is 10.8 Å². The van der Waals surface area contributed by atoms with Crippen LogP contribution in [0, 0.1) is 5.92 Å². The fraction of sp³-hybridized carbons (Fsp3) is 1.00. The van der Waals surface area contributed by atoms with Gasteiger partial charge in [-0.2, -0.15) is 0 Å². The van der Waals surface area contributed by atoms with Crippen LogP contribution in [-0.2, 0) is 0 Å². The van der Waals surface area contributed by atoms with Gasteiger partial charge in [0.05, 0.1) is 6.10 Å². The van der Waals surface area contributed by atoms with E-state index in [0.717, 1.165) is 0 Å². The standard InChI is InChI=1S/C6H15NO/c1-4(2)6(8)5(3)7/h4-6,8H,7H2,1-3H3/t5-,6+/m0/s1. The van der Waals surface area contributed by atoms with Gasteiger partial charge in [-0.25, -0.2) is 0 Å². The summed E-state index contributed by atoms with van der Waals surface area (Å²) in [4.78, 5) is 0. The molecule has 3 N–H and O–H groups in total. The normalized spacial score (nSPS) is 18.8. The van der Waals surface area contributed by atoms with Crippen molar-refractivity contribution in [3.05, 3.63) is 0 Å². The van der Waals surface area contributed by atoms with Gasteiger partial charge in [0.2, 0.25) is 0 Å². The smallest absolute Gasteiger partial charge is 0.0711 e. The second-order valence-electron chi connectivity index (χ2n) is 2.59. The van der Waals surface area contributed by atoms with Gasteiger partial charge in [0.15, 0.2) is 0 Å². The van der Waals surface area contributed by atoms with Crippen molar-refractivity contribution < 1.29 is 5.11 Å². The zero-order chi connectivity index (χ0) is 6.73. The van der Waals surface area contributed by atoms with Crippen LogP contribution in [0.25, 0.3) is 0 Å². The van der Waals surface area contributed by atoms with Gasteiger partial charge in [-0.05, 0) is 12.8 Å². The third kappa shape index (κ3) is 2.28. The number of hydrogen-bond acceptors (Lipinski definition) is 2. The Kier molecular flexibility index (Phi) is 3.02. The maximum atomic E-state index is 9.08. The molecule has 0 aliphatic rings. The van der Waals surface area contributed by atoms with Crippen LogP contribution >= 0.6 is 0 Å². The minimum absolute atomic E-state index is 0.102. The average Bonchev–Trinajstić information content (AvgIpc) is 1.64. The summed E-state index contributed by atoms with van der Waals surface area (Å²) in [6, 6.07) is -0.102. The minimum Gasteiger partial charge on any atom is -0.391 e. The van der Waals surface area contributed by atoms with Crippen LogP contribution < -0.4 is 5.73 Å². The molecule has 0 aromatic carbocycles. The van der Waals surface area contributed by atoms with E-state index in [2.05, 4.69) is 0 Å². The second kappa shape index (κ2) is 3.05. The third-order valence-electron chi connectivity index (χ3n) is 1.22. The second-order valence-corrected chi connectivity index (χ2v) is 2.59. The maximum Gasteiger partial charge on any atom is 0.0711 e.